The quantitative estimate of drug-likeness (QED) is 0.116. The van der Waals surface area contributed by atoms with Crippen molar-refractivity contribution in [2.45, 2.75) is 90.1 Å². The molecule has 0 fully saturated rings. The lowest BCUT2D eigenvalue weighted by Crippen LogP contribution is -2.34. The van der Waals surface area contributed by atoms with Crippen LogP contribution in [0.5, 0.6) is 0 Å². The Bertz CT molecular complexity index is 1510. The van der Waals surface area contributed by atoms with Crippen LogP contribution in [-0.4, -0.2) is 39.0 Å². The monoisotopic (exact) mass is 585 g/mol. The van der Waals surface area contributed by atoms with Crippen molar-refractivity contribution in [1.82, 2.24) is 14.9 Å². The maximum Gasteiger partial charge on any atom is 0.417 e. The number of aliphatic hydroxyl groups is 2. The van der Waals surface area contributed by atoms with Gasteiger partial charge in [0.05, 0.1) is 24.3 Å². The lowest BCUT2D eigenvalue weighted by Gasteiger charge is -2.23. The second-order valence-corrected chi connectivity index (χ2v) is 11.1. The van der Waals surface area contributed by atoms with Crippen LogP contribution >= 0.6 is 0 Å². The zero-order valence-corrected chi connectivity index (χ0v) is 24.4. The van der Waals surface area contributed by atoms with Gasteiger partial charge < -0.3 is 25.1 Å². The van der Waals surface area contributed by atoms with E-state index in [1.807, 2.05) is 50.2 Å². The highest BCUT2D eigenvalue weighted by Crippen LogP contribution is 2.39. The van der Waals surface area contributed by atoms with E-state index in [1.165, 1.54) is 0 Å². The molecular weight excluding hydrogens is 543 g/mol. The topological polar surface area (TPSA) is 90.3 Å². The number of unbranched alkanes of at least 4 members (excludes halogenated alkanes) is 6. The Morgan fingerprint density at radius 1 is 0.952 bits per heavy atom. The number of hydrogen-bond acceptors (Lipinski definition) is 4. The summed E-state index contributed by atoms with van der Waals surface area (Å²) in [6.07, 6.45) is 2.57. The number of H-pyrrole nitrogens is 1. The molecular formula is C33H42F3N3O3. The first-order valence-corrected chi connectivity index (χ1v) is 15.0. The minimum Gasteiger partial charge on any atom is -0.394 e. The summed E-state index contributed by atoms with van der Waals surface area (Å²) in [7, 11) is 0. The molecule has 0 amide bonds. The van der Waals surface area contributed by atoms with Crippen LogP contribution in [0.2, 0.25) is 0 Å². The molecule has 1 unspecified atom stereocenters. The van der Waals surface area contributed by atoms with Crippen LogP contribution in [0.25, 0.3) is 21.8 Å². The van der Waals surface area contributed by atoms with Crippen LogP contribution in [0.15, 0.2) is 53.3 Å². The molecule has 42 heavy (non-hydrogen) atoms. The maximum absolute atomic E-state index is 13.9. The number of hydrogen-bond donors (Lipinski definition) is 4. The number of pyridine rings is 1. The lowest BCUT2D eigenvalue weighted by atomic mass is 10.0. The van der Waals surface area contributed by atoms with Gasteiger partial charge in [0.15, 0.2) is 0 Å². The zero-order valence-electron chi connectivity index (χ0n) is 24.4. The molecule has 0 spiro atoms. The molecule has 4 N–H and O–H groups in total. The van der Waals surface area contributed by atoms with Crippen LogP contribution in [0.4, 0.5) is 13.2 Å². The van der Waals surface area contributed by atoms with E-state index >= 15 is 0 Å². The molecule has 6 nitrogen and oxygen atoms in total. The third kappa shape index (κ3) is 7.25. The summed E-state index contributed by atoms with van der Waals surface area (Å²) in [6.45, 7) is 5.10. The van der Waals surface area contributed by atoms with Crippen LogP contribution in [0.1, 0.15) is 80.3 Å². The number of aryl methyl sites for hydroxylation is 2. The number of halogens is 3. The van der Waals surface area contributed by atoms with E-state index in [9.17, 15) is 28.2 Å². The Labute approximate surface area is 244 Å². The van der Waals surface area contributed by atoms with E-state index in [1.54, 1.807) is 6.07 Å². The minimum absolute atomic E-state index is 0.0704. The molecule has 9 heteroatoms. The van der Waals surface area contributed by atoms with Crippen LogP contribution in [0.3, 0.4) is 0 Å². The van der Waals surface area contributed by atoms with Crippen LogP contribution in [0, 0.1) is 6.92 Å². The molecule has 0 bridgehead atoms. The SMILES string of the molecule is CCc1c(C)c2c3c(C(F)(F)F)cc(=O)[nH]c3ccc2n1CCCCCCCCCNC(c1ccccc1)[C@@H](O)CO. The fraction of sp³-hybridized carbons (Fsp3) is 0.485. The van der Waals surface area contributed by atoms with E-state index in [2.05, 4.69) is 14.9 Å². The Balaban J connectivity index is 1.29. The normalized spacial score (nSPS) is 13.7. The number of fused-ring (bicyclic) bond motifs is 3. The Morgan fingerprint density at radius 2 is 1.62 bits per heavy atom. The number of aromatic amines is 1. The number of rotatable bonds is 15. The minimum atomic E-state index is -4.62. The molecule has 2 heterocycles. The molecule has 0 aliphatic carbocycles. The molecule has 0 radical (unpaired) electrons. The molecule has 4 aromatic rings. The smallest absolute Gasteiger partial charge is 0.394 e. The van der Waals surface area contributed by atoms with Crippen LogP contribution < -0.4 is 10.9 Å². The lowest BCUT2D eigenvalue weighted by molar-refractivity contribution is -0.136. The Morgan fingerprint density at radius 3 is 2.26 bits per heavy atom. The van der Waals surface area contributed by atoms with Gasteiger partial charge in [0.2, 0.25) is 5.56 Å². The average molecular weight is 586 g/mol. The number of aromatic nitrogens is 2. The molecule has 0 aliphatic rings. The van der Waals surface area contributed by atoms with Gasteiger partial charge in [-0.1, -0.05) is 69.4 Å². The number of nitrogens with zero attached hydrogens (tertiary/aromatic N) is 1. The molecule has 2 aromatic heterocycles. The first-order chi connectivity index (χ1) is 20.2. The second-order valence-electron chi connectivity index (χ2n) is 11.1. The van der Waals surface area contributed by atoms with Crippen molar-refractivity contribution in [3.63, 3.8) is 0 Å². The summed E-state index contributed by atoms with van der Waals surface area (Å²) in [5.74, 6) is 0. The summed E-state index contributed by atoms with van der Waals surface area (Å²) >= 11 is 0. The van der Waals surface area contributed by atoms with E-state index < -0.39 is 23.4 Å². The van der Waals surface area contributed by atoms with E-state index in [0.29, 0.717) is 17.9 Å². The van der Waals surface area contributed by atoms with Crippen LogP contribution in [-0.2, 0) is 19.1 Å². The zero-order chi connectivity index (χ0) is 30.3. The molecule has 2 atom stereocenters. The molecule has 0 aliphatic heterocycles. The number of nitrogens with one attached hydrogen (secondary N) is 2. The van der Waals surface area contributed by atoms with Crippen molar-refractivity contribution >= 4 is 21.8 Å². The molecule has 228 valence electrons. The Hall–Kier alpha value is -3.14. The van der Waals surface area contributed by atoms with Crippen molar-refractivity contribution in [2.24, 2.45) is 0 Å². The first-order valence-electron chi connectivity index (χ1n) is 15.0. The summed E-state index contributed by atoms with van der Waals surface area (Å²) in [6, 6.07) is 13.5. The van der Waals surface area contributed by atoms with Gasteiger partial charge in [0.25, 0.3) is 0 Å². The van der Waals surface area contributed by atoms with Gasteiger partial charge in [-0.05, 0) is 56.0 Å². The van der Waals surface area contributed by atoms with Crippen molar-refractivity contribution in [3.05, 3.63) is 81.3 Å². The molecule has 0 saturated carbocycles. The van der Waals surface area contributed by atoms with Gasteiger partial charge in [-0.2, -0.15) is 13.2 Å². The second kappa shape index (κ2) is 14.4. The summed E-state index contributed by atoms with van der Waals surface area (Å²) in [4.78, 5) is 14.5. The van der Waals surface area contributed by atoms with Crippen molar-refractivity contribution in [1.29, 1.82) is 0 Å². The van der Waals surface area contributed by atoms with Crippen molar-refractivity contribution < 1.29 is 23.4 Å². The predicted molar refractivity (Wildman–Crippen MR) is 162 cm³/mol. The third-order valence-electron chi connectivity index (χ3n) is 8.20. The number of alkyl halides is 3. The summed E-state index contributed by atoms with van der Waals surface area (Å²) in [5, 5.41) is 23.6. The molecule has 0 saturated heterocycles. The van der Waals surface area contributed by atoms with Gasteiger partial charge in [-0.3, -0.25) is 4.79 Å². The van der Waals surface area contributed by atoms with Gasteiger partial charge in [-0.15, -0.1) is 0 Å². The fourth-order valence-electron chi connectivity index (χ4n) is 6.16. The van der Waals surface area contributed by atoms with Gasteiger partial charge in [0.1, 0.15) is 0 Å². The standard InChI is InChI=1S/C33H42F3N3O3/c1-3-26-22(2)30-27(17-16-25-31(30)24(33(34,35)36)20-29(42)38-25)39(26)19-13-8-6-4-5-7-12-18-37-32(28(41)21-40)23-14-10-9-11-15-23/h9-11,14-17,20,28,32,37,40-41H,3-8,12-13,18-19,21H2,1-2H3,(H,38,42)/t28-,32?/m0/s1. The number of benzene rings is 2. The van der Waals surface area contributed by atoms with E-state index in [0.717, 1.165) is 80.4 Å². The maximum atomic E-state index is 13.9. The number of aliphatic hydroxyl groups excluding tert-OH is 2. The van der Waals surface area contributed by atoms with Gasteiger partial charge in [0, 0.05) is 40.1 Å². The van der Waals surface area contributed by atoms with Gasteiger partial charge >= 0.3 is 6.18 Å². The highest BCUT2D eigenvalue weighted by Gasteiger charge is 2.34. The predicted octanol–water partition coefficient (Wildman–Crippen LogP) is 6.79. The van der Waals surface area contributed by atoms with Gasteiger partial charge in [-0.25, -0.2) is 0 Å². The molecule has 2 aromatic carbocycles. The summed E-state index contributed by atoms with van der Waals surface area (Å²) in [5.41, 5.74) is 2.18. The van der Waals surface area contributed by atoms with E-state index in [-0.39, 0.29) is 23.6 Å². The van der Waals surface area contributed by atoms with E-state index in [4.69, 9.17) is 0 Å². The third-order valence-corrected chi connectivity index (χ3v) is 8.20. The first kappa shape index (κ1) is 31.8. The van der Waals surface area contributed by atoms with Crippen molar-refractivity contribution in [2.75, 3.05) is 13.2 Å². The Kier molecular flexibility index (Phi) is 10.9. The van der Waals surface area contributed by atoms with Crippen molar-refractivity contribution in [3.8, 4) is 0 Å². The summed E-state index contributed by atoms with van der Waals surface area (Å²) < 4.78 is 44.0. The molecule has 4 rings (SSSR count). The fourth-order valence-corrected chi connectivity index (χ4v) is 6.16. The largest absolute Gasteiger partial charge is 0.417 e. The highest BCUT2D eigenvalue weighted by molar-refractivity contribution is 6.09. The average Bonchev–Trinajstić information content (AvgIpc) is 3.25. The highest BCUT2D eigenvalue weighted by atomic mass is 19.4.